The molecule has 118 valence electrons. The number of aromatic nitrogens is 5. The fourth-order valence-electron chi connectivity index (χ4n) is 3.45. The van der Waals surface area contributed by atoms with Gasteiger partial charge in [-0.3, -0.25) is 5.10 Å². The van der Waals surface area contributed by atoms with E-state index < -0.39 is 0 Å². The summed E-state index contributed by atoms with van der Waals surface area (Å²) < 4.78 is 8.87. The molecular weight excluding hydrogens is 407 g/mol. The van der Waals surface area contributed by atoms with Gasteiger partial charge in [-0.05, 0) is 41.5 Å². The van der Waals surface area contributed by atoms with Gasteiger partial charge in [0.05, 0.1) is 23.8 Å². The normalized spacial score (nSPS) is 23.8. The highest BCUT2D eigenvalue weighted by molar-refractivity contribution is 14.1. The van der Waals surface area contributed by atoms with Crippen molar-refractivity contribution in [3.8, 4) is 5.82 Å². The molecule has 2 aliphatic heterocycles. The van der Waals surface area contributed by atoms with Crippen LogP contribution in [0.5, 0.6) is 0 Å². The van der Waals surface area contributed by atoms with E-state index in [1.54, 1.807) is 10.9 Å². The van der Waals surface area contributed by atoms with Crippen LogP contribution in [0.25, 0.3) is 16.9 Å². The number of nitrogens with zero attached hydrogens (tertiary/aromatic N) is 5. The second kappa shape index (κ2) is 5.17. The van der Waals surface area contributed by atoms with Crippen molar-refractivity contribution in [2.75, 3.05) is 18.0 Å². The zero-order valence-electron chi connectivity index (χ0n) is 12.3. The van der Waals surface area contributed by atoms with Crippen LogP contribution in [0.3, 0.4) is 0 Å². The molecule has 0 aliphatic carbocycles. The topological polar surface area (TPSA) is 71.9 Å². The first-order valence-electron chi connectivity index (χ1n) is 7.73. The highest BCUT2D eigenvalue weighted by Crippen LogP contribution is 2.31. The zero-order chi connectivity index (χ0) is 15.4. The molecule has 2 atom stereocenters. The summed E-state index contributed by atoms with van der Waals surface area (Å²) in [4.78, 5) is 7.23. The summed E-state index contributed by atoms with van der Waals surface area (Å²) in [6.07, 6.45) is 6.65. The molecule has 0 spiro atoms. The molecule has 23 heavy (non-hydrogen) atoms. The summed E-state index contributed by atoms with van der Waals surface area (Å²) in [5.74, 6) is 1.75. The lowest BCUT2D eigenvalue weighted by molar-refractivity contribution is 0.0302. The molecule has 8 heteroatoms. The summed E-state index contributed by atoms with van der Waals surface area (Å²) >= 11 is 2.36. The number of anilines is 1. The Hall–Kier alpha value is -1.68. The van der Waals surface area contributed by atoms with E-state index in [-0.39, 0.29) is 0 Å². The number of rotatable bonds is 2. The molecule has 0 saturated carbocycles. The van der Waals surface area contributed by atoms with Crippen LogP contribution >= 0.6 is 22.6 Å². The first-order valence-corrected chi connectivity index (χ1v) is 8.80. The zero-order valence-corrected chi connectivity index (χ0v) is 14.5. The largest absolute Gasteiger partial charge is 0.371 e. The van der Waals surface area contributed by atoms with E-state index in [2.05, 4.69) is 48.9 Å². The van der Waals surface area contributed by atoms with Crippen LogP contribution in [0, 0.1) is 3.57 Å². The number of H-pyrrole nitrogens is 1. The van der Waals surface area contributed by atoms with Gasteiger partial charge in [-0.15, -0.1) is 0 Å². The van der Waals surface area contributed by atoms with Crippen LogP contribution in [-0.2, 0) is 4.74 Å². The Morgan fingerprint density at radius 2 is 2.04 bits per heavy atom. The average molecular weight is 422 g/mol. The van der Waals surface area contributed by atoms with Crippen molar-refractivity contribution in [2.45, 2.75) is 25.0 Å². The Labute approximate surface area is 146 Å². The number of aromatic amines is 1. The third-order valence-corrected chi connectivity index (χ3v) is 5.44. The fraction of sp³-hybridized carbons (Fsp3) is 0.400. The monoisotopic (exact) mass is 422 g/mol. The molecule has 7 nitrogen and oxygen atoms in total. The maximum absolute atomic E-state index is 5.93. The van der Waals surface area contributed by atoms with Crippen molar-refractivity contribution in [1.82, 2.24) is 25.0 Å². The van der Waals surface area contributed by atoms with Crippen molar-refractivity contribution in [2.24, 2.45) is 0 Å². The van der Waals surface area contributed by atoms with Crippen LogP contribution < -0.4 is 4.90 Å². The third kappa shape index (κ3) is 2.23. The van der Waals surface area contributed by atoms with Crippen LogP contribution in [0.2, 0.25) is 0 Å². The minimum absolute atomic E-state index is 0.347. The van der Waals surface area contributed by atoms with Crippen molar-refractivity contribution in [1.29, 1.82) is 0 Å². The summed E-state index contributed by atoms with van der Waals surface area (Å²) in [5.41, 5.74) is 0.845. The Morgan fingerprint density at radius 3 is 2.78 bits per heavy atom. The van der Waals surface area contributed by atoms with Gasteiger partial charge >= 0.3 is 0 Å². The summed E-state index contributed by atoms with van der Waals surface area (Å²) in [7, 11) is 0. The molecule has 1 N–H and O–H groups in total. The van der Waals surface area contributed by atoms with Crippen LogP contribution in [0.15, 0.2) is 24.5 Å². The number of hydrogen-bond donors (Lipinski definition) is 1. The second-order valence-corrected chi connectivity index (χ2v) is 7.21. The van der Waals surface area contributed by atoms with Crippen LogP contribution in [-0.4, -0.2) is 50.3 Å². The van der Waals surface area contributed by atoms with Crippen molar-refractivity contribution < 1.29 is 4.74 Å². The minimum Gasteiger partial charge on any atom is -0.371 e. The van der Waals surface area contributed by atoms with E-state index in [4.69, 9.17) is 9.72 Å². The fourth-order valence-corrected chi connectivity index (χ4v) is 4.11. The van der Waals surface area contributed by atoms with Crippen LogP contribution in [0.1, 0.15) is 12.8 Å². The molecular formula is C15H15IN6O. The Balaban J connectivity index is 1.61. The molecule has 5 rings (SSSR count). The SMILES string of the molecule is Ic1cc(N2CC3CCC(C2)O3)nc2c1cnn2-c1cc[nH]n1. The van der Waals surface area contributed by atoms with E-state index in [1.807, 2.05) is 12.3 Å². The number of fused-ring (bicyclic) bond motifs is 3. The number of hydrogen-bond acceptors (Lipinski definition) is 5. The van der Waals surface area contributed by atoms with Gasteiger partial charge in [0.1, 0.15) is 5.82 Å². The predicted molar refractivity (Wildman–Crippen MR) is 93.8 cm³/mol. The maximum Gasteiger partial charge on any atom is 0.177 e. The van der Waals surface area contributed by atoms with Crippen molar-refractivity contribution in [3.05, 3.63) is 28.1 Å². The van der Waals surface area contributed by atoms with E-state index in [1.165, 1.54) is 0 Å². The Bertz CT molecular complexity index is 848. The van der Waals surface area contributed by atoms with Crippen LogP contribution in [0.4, 0.5) is 5.82 Å². The van der Waals surface area contributed by atoms with E-state index in [0.29, 0.717) is 12.2 Å². The Morgan fingerprint density at radius 1 is 1.22 bits per heavy atom. The molecule has 2 aliphatic rings. The first-order chi connectivity index (χ1) is 11.3. The van der Waals surface area contributed by atoms with Gasteiger partial charge in [0, 0.05) is 28.9 Å². The lowest BCUT2D eigenvalue weighted by atomic mass is 10.2. The smallest absolute Gasteiger partial charge is 0.177 e. The molecule has 3 aromatic rings. The van der Waals surface area contributed by atoms with Gasteiger partial charge in [-0.25, -0.2) is 4.98 Å². The summed E-state index contributed by atoms with van der Waals surface area (Å²) in [6.45, 7) is 1.84. The number of ether oxygens (including phenoxy) is 1. The molecule has 2 saturated heterocycles. The molecule has 0 amide bonds. The molecule has 2 unspecified atom stereocenters. The second-order valence-electron chi connectivity index (χ2n) is 6.05. The number of morpholine rings is 1. The van der Waals surface area contributed by atoms with E-state index in [0.717, 1.165) is 52.2 Å². The Kier molecular flexibility index (Phi) is 3.08. The standard InChI is InChI=1S/C15H15IN6O/c16-12-5-14(21-7-9-1-2-10(8-21)23-9)19-15-11(12)6-18-22(15)13-3-4-17-20-13/h3-6,9-10H,1-2,7-8H2,(H,17,20). The van der Waals surface area contributed by atoms with Gasteiger partial charge in [-0.2, -0.15) is 14.9 Å². The maximum atomic E-state index is 5.93. The summed E-state index contributed by atoms with van der Waals surface area (Å²) in [6, 6.07) is 4.03. The van der Waals surface area contributed by atoms with Crippen molar-refractivity contribution in [3.63, 3.8) is 0 Å². The number of halogens is 1. The highest BCUT2D eigenvalue weighted by Gasteiger charge is 2.34. The van der Waals surface area contributed by atoms with Gasteiger partial charge in [0.15, 0.2) is 11.5 Å². The number of pyridine rings is 1. The van der Waals surface area contributed by atoms with E-state index >= 15 is 0 Å². The lowest BCUT2D eigenvalue weighted by Crippen LogP contribution is -2.43. The van der Waals surface area contributed by atoms with Gasteiger partial charge in [0.2, 0.25) is 0 Å². The van der Waals surface area contributed by atoms with Crippen molar-refractivity contribution >= 4 is 39.4 Å². The molecule has 0 aromatic carbocycles. The van der Waals surface area contributed by atoms with E-state index in [9.17, 15) is 0 Å². The molecule has 2 bridgehead atoms. The average Bonchev–Trinajstić information content (AvgIpc) is 3.26. The molecule has 0 radical (unpaired) electrons. The highest BCUT2D eigenvalue weighted by atomic mass is 127. The molecule has 2 fully saturated rings. The molecule has 5 heterocycles. The summed E-state index contributed by atoms with van der Waals surface area (Å²) in [5, 5.41) is 12.5. The quantitative estimate of drug-likeness (QED) is 0.641. The minimum atomic E-state index is 0.347. The first kappa shape index (κ1) is 13.7. The van der Waals surface area contributed by atoms with Gasteiger partial charge in [0.25, 0.3) is 0 Å². The third-order valence-electron chi connectivity index (χ3n) is 4.55. The predicted octanol–water partition coefficient (Wildman–Crippen LogP) is 2.12. The van der Waals surface area contributed by atoms with Gasteiger partial charge < -0.3 is 9.64 Å². The molecule has 3 aromatic heterocycles. The number of nitrogens with one attached hydrogen (secondary N) is 1. The van der Waals surface area contributed by atoms with Gasteiger partial charge in [-0.1, -0.05) is 0 Å². The lowest BCUT2D eigenvalue weighted by Gasteiger charge is -2.33.